The predicted octanol–water partition coefficient (Wildman–Crippen LogP) is 2.98. The van der Waals surface area contributed by atoms with Crippen LogP contribution in [0.4, 0.5) is 0 Å². The van der Waals surface area contributed by atoms with Gasteiger partial charge in [-0.05, 0) is 74.0 Å². The van der Waals surface area contributed by atoms with Crippen LogP contribution >= 0.6 is 0 Å². The van der Waals surface area contributed by atoms with Gasteiger partial charge in [-0.15, -0.1) is 0 Å². The molecule has 198 valence electrons. The molecule has 2 aliphatic rings. The molecule has 7 heteroatoms. The minimum atomic E-state index is -0.519. The van der Waals surface area contributed by atoms with Gasteiger partial charge < -0.3 is 20.0 Å². The number of amides is 3. The highest BCUT2D eigenvalue weighted by molar-refractivity contribution is 5.97. The summed E-state index contributed by atoms with van der Waals surface area (Å²) in [7, 11) is 5.78. The van der Waals surface area contributed by atoms with E-state index in [1.165, 1.54) is 11.1 Å². The van der Waals surface area contributed by atoms with E-state index < -0.39 is 12.1 Å². The molecule has 1 N–H and O–H groups in total. The van der Waals surface area contributed by atoms with Crippen molar-refractivity contribution < 1.29 is 14.4 Å². The van der Waals surface area contributed by atoms with E-state index in [2.05, 4.69) is 31.3 Å². The molecular weight excluding hydrogens is 464 g/mol. The van der Waals surface area contributed by atoms with Crippen molar-refractivity contribution in [3.63, 3.8) is 0 Å². The van der Waals surface area contributed by atoms with Gasteiger partial charge >= 0.3 is 0 Å². The molecule has 1 aliphatic heterocycles. The van der Waals surface area contributed by atoms with Crippen molar-refractivity contribution in [1.82, 2.24) is 20.0 Å². The van der Waals surface area contributed by atoms with Crippen molar-refractivity contribution in [2.75, 3.05) is 34.2 Å². The van der Waals surface area contributed by atoms with Gasteiger partial charge in [0.15, 0.2) is 0 Å². The second kappa shape index (κ2) is 11.5. The van der Waals surface area contributed by atoms with Crippen LogP contribution in [0.25, 0.3) is 0 Å². The molecule has 1 heterocycles. The molecule has 0 spiro atoms. The van der Waals surface area contributed by atoms with Crippen molar-refractivity contribution in [2.45, 2.75) is 51.7 Å². The first-order chi connectivity index (χ1) is 17.6. The molecule has 0 aromatic heterocycles. The zero-order valence-electron chi connectivity index (χ0n) is 22.7. The van der Waals surface area contributed by atoms with E-state index in [0.717, 1.165) is 24.9 Å². The first-order valence-corrected chi connectivity index (χ1v) is 13.3. The minimum absolute atomic E-state index is 0.00775. The van der Waals surface area contributed by atoms with Crippen molar-refractivity contribution in [1.29, 1.82) is 0 Å². The standard InChI is InChI=1S/C30H40N4O3/c1-20(2)16-26-28(35)31-27(25-17-23-8-6-7-9-24(23)18-25)30(37)34(26)19-21-10-12-22(13-11-21)29(36)33(5)15-14-32(3)4/h6-13,20,25-27H,14-19H2,1-5H3,(H,31,35)/t26-,27-/m1/s1. The van der Waals surface area contributed by atoms with E-state index in [1.807, 2.05) is 62.4 Å². The van der Waals surface area contributed by atoms with Crippen LogP contribution in [-0.4, -0.2) is 78.7 Å². The Morgan fingerprint density at radius 3 is 2.16 bits per heavy atom. The number of nitrogens with zero attached hydrogens (tertiary/aromatic N) is 3. The van der Waals surface area contributed by atoms with Crippen LogP contribution in [0.5, 0.6) is 0 Å². The van der Waals surface area contributed by atoms with E-state index in [0.29, 0.717) is 25.1 Å². The molecule has 2 aromatic rings. The lowest BCUT2D eigenvalue weighted by atomic mass is 9.90. The molecule has 4 rings (SSSR count). The summed E-state index contributed by atoms with van der Waals surface area (Å²) in [5.74, 6) is 0.237. The molecule has 1 aliphatic carbocycles. The Morgan fingerprint density at radius 2 is 1.59 bits per heavy atom. The Hall–Kier alpha value is -3.19. The second-order valence-corrected chi connectivity index (χ2v) is 11.3. The normalized spacial score (nSPS) is 19.9. The third-order valence-electron chi connectivity index (χ3n) is 7.56. The van der Waals surface area contributed by atoms with Crippen molar-refractivity contribution in [3.05, 3.63) is 70.8 Å². The molecule has 7 nitrogen and oxygen atoms in total. The van der Waals surface area contributed by atoms with Gasteiger partial charge in [0.2, 0.25) is 11.8 Å². The van der Waals surface area contributed by atoms with Crippen molar-refractivity contribution >= 4 is 17.7 Å². The number of likely N-dealkylation sites (N-methyl/N-ethyl adjacent to an activating group) is 2. The maximum absolute atomic E-state index is 13.8. The highest BCUT2D eigenvalue weighted by Crippen LogP contribution is 2.32. The fraction of sp³-hybridized carbons (Fsp3) is 0.500. The average Bonchev–Trinajstić information content (AvgIpc) is 3.30. The van der Waals surface area contributed by atoms with Gasteiger partial charge in [-0.25, -0.2) is 0 Å². The third-order valence-corrected chi connectivity index (χ3v) is 7.56. The number of carbonyl (C=O) groups excluding carboxylic acids is 3. The van der Waals surface area contributed by atoms with Crippen LogP contribution in [0.3, 0.4) is 0 Å². The highest BCUT2D eigenvalue weighted by atomic mass is 16.2. The first-order valence-electron chi connectivity index (χ1n) is 13.3. The van der Waals surface area contributed by atoms with Crippen LogP contribution in [0.15, 0.2) is 48.5 Å². The van der Waals surface area contributed by atoms with Crippen molar-refractivity contribution in [2.24, 2.45) is 11.8 Å². The lowest BCUT2D eigenvalue weighted by Crippen LogP contribution is -2.65. The number of piperazine rings is 1. The molecule has 1 fully saturated rings. The van der Waals surface area contributed by atoms with Gasteiger partial charge in [0, 0.05) is 32.2 Å². The summed E-state index contributed by atoms with van der Waals surface area (Å²) in [5.41, 5.74) is 4.06. The summed E-state index contributed by atoms with van der Waals surface area (Å²) in [6, 6.07) is 14.7. The second-order valence-electron chi connectivity index (χ2n) is 11.3. The van der Waals surface area contributed by atoms with E-state index >= 15 is 0 Å². The summed E-state index contributed by atoms with van der Waals surface area (Å²) in [6.07, 6.45) is 2.21. The molecule has 3 amide bonds. The van der Waals surface area contributed by atoms with Crippen LogP contribution in [0.2, 0.25) is 0 Å². The number of carbonyl (C=O) groups is 3. The molecular formula is C30H40N4O3. The Bertz CT molecular complexity index is 1100. The zero-order valence-corrected chi connectivity index (χ0v) is 22.7. The van der Waals surface area contributed by atoms with Crippen molar-refractivity contribution in [3.8, 4) is 0 Å². The molecule has 0 radical (unpaired) electrons. The zero-order chi connectivity index (χ0) is 26.7. The Morgan fingerprint density at radius 1 is 0.973 bits per heavy atom. The van der Waals surface area contributed by atoms with Crippen LogP contribution in [-0.2, 0) is 29.0 Å². The third kappa shape index (κ3) is 6.21. The lowest BCUT2D eigenvalue weighted by Gasteiger charge is -2.41. The number of hydrogen-bond donors (Lipinski definition) is 1. The molecule has 2 atom stereocenters. The van der Waals surface area contributed by atoms with Crippen LogP contribution in [0, 0.1) is 11.8 Å². The number of rotatable bonds is 9. The topological polar surface area (TPSA) is 73.0 Å². The lowest BCUT2D eigenvalue weighted by molar-refractivity contribution is -0.152. The first kappa shape index (κ1) is 26.9. The Kier molecular flexibility index (Phi) is 8.32. The van der Waals surface area contributed by atoms with E-state index in [-0.39, 0.29) is 29.6 Å². The molecule has 1 saturated heterocycles. The summed E-state index contributed by atoms with van der Waals surface area (Å²) < 4.78 is 0. The van der Waals surface area contributed by atoms with Gasteiger partial charge in [-0.3, -0.25) is 14.4 Å². The highest BCUT2D eigenvalue weighted by Gasteiger charge is 2.45. The summed E-state index contributed by atoms with van der Waals surface area (Å²) in [4.78, 5) is 45.5. The summed E-state index contributed by atoms with van der Waals surface area (Å²) >= 11 is 0. The SMILES string of the molecule is CC(C)C[C@@H]1C(=O)N[C@H](C2Cc3ccccc3C2)C(=O)N1Cc1ccc(C(=O)N(C)CCN(C)C)cc1. The number of benzene rings is 2. The maximum Gasteiger partial charge on any atom is 0.253 e. The predicted molar refractivity (Wildman–Crippen MR) is 145 cm³/mol. The molecule has 2 aromatic carbocycles. The van der Waals surface area contributed by atoms with Gasteiger partial charge in [-0.1, -0.05) is 50.2 Å². The van der Waals surface area contributed by atoms with Gasteiger partial charge in [0.05, 0.1) is 0 Å². The molecule has 37 heavy (non-hydrogen) atoms. The fourth-order valence-corrected chi connectivity index (χ4v) is 5.42. The van der Waals surface area contributed by atoms with Gasteiger partial charge in [0.25, 0.3) is 5.91 Å². The fourth-order valence-electron chi connectivity index (χ4n) is 5.42. The number of fused-ring (bicyclic) bond motifs is 1. The van der Waals surface area contributed by atoms with E-state index in [9.17, 15) is 14.4 Å². The molecule has 0 bridgehead atoms. The van der Waals surface area contributed by atoms with Gasteiger partial charge in [-0.2, -0.15) is 0 Å². The smallest absolute Gasteiger partial charge is 0.253 e. The Labute approximate surface area is 220 Å². The van der Waals surface area contributed by atoms with E-state index in [1.54, 1.807) is 9.80 Å². The summed E-state index contributed by atoms with van der Waals surface area (Å²) in [5, 5.41) is 3.09. The molecule has 0 unspecified atom stereocenters. The minimum Gasteiger partial charge on any atom is -0.342 e. The number of hydrogen-bond acceptors (Lipinski definition) is 4. The quantitative estimate of drug-likeness (QED) is 0.570. The van der Waals surface area contributed by atoms with Crippen LogP contribution in [0.1, 0.15) is 47.3 Å². The monoisotopic (exact) mass is 504 g/mol. The van der Waals surface area contributed by atoms with Gasteiger partial charge in [0.1, 0.15) is 12.1 Å². The summed E-state index contributed by atoms with van der Waals surface area (Å²) in [6.45, 7) is 5.94. The average molecular weight is 505 g/mol. The largest absolute Gasteiger partial charge is 0.342 e. The van der Waals surface area contributed by atoms with Crippen LogP contribution < -0.4 is 5.32 Å². The maximum atomic E-state index is 13.8. The number of nitrogens with one attached hydrogen (secondary N) is 1. The Balaban J connectivity index is 1.50. The molecule has 0 saturated carbocycles. The van der Waals surface area contributed by atoms with E-state index in [4.69, 9.17) is 0 Å².